The minimum atomic E-state index is -1.87. The van der Waals surface area contributed by atoms with Crippen molar-refractivity contribution in [3.8, 4) is 5.75 Å². The number of hydrogen-bond donors (Lipinski definition) is 31. The lowest BCUT2D eigenvalue weighted by molar-refractivity contribution is -0.142. The van der Waals surface area contributed by atoms with E-state index in [9.17, 15) is 92.3 Å². The number of guanidine groups is 2. The first-order valence-corrected chi connectivity index (χ1v) is 53.0. The number of nitrogens with one attached hydrogen (secondary N) is 20. The van der Waals surface area contributed by atoms with Crippen LogP contribution in [0.2, 0.25) is 0 Å². The number of nitrogens with zero attached hydrogens (tertiary/aromatic N) is 2. The van der Waals surface area contributed by atoms with E-state index in [1.54, 1.807) is 58.0 Å². The number of amides is 19. The van der Waals surface area contributed by atoms with Crippen LogP contribution in [-0.2, 0) is 109 Å². The average Bonchev–Trinajstić information content (AvgIpc) is 1.85. The number of carboxylic acids is 1. The van der Waals surface area contributed by atoms with Crippen molar-refractivity contribution in [1.82, 2.24) is 106 Å². The van der Waals surface area contributed by atoms with E-state index in [-0.39, 0.29) is 179 Å². The minimum absolute atomic E-state index is 0.0142. The van der Waals surface area contributed by atoms with Gasteiger partial charge in [-0.05, 0) is 197 Å². The monoisotopic (exact) mass is 2150 g/mol. The molecule has 0 radical (unpaired) electrons. The molecule has 0 saturated carbocycles. The molecule has 150 heavy (non-hydrogen) atoms. The summed E-state index contributed by atoms with van der Waals surface area (Å²) in [6.07, 6.45) is -4.07. The van der Waals surface area contributed by atoms with Gasteiger partial charge in [0.15, 0.2) is 11.9 Å². The molecule has 2 aromatic rings. The van der Waals surface area contributed by atoms with E-state index in [0.29, 0.717) is 17.5 Å². The molecule has 53 nitrogen and oxygen atoms in total. The highest BCUT2D eigenvalue weighted by molar-refractivity contribution is 8.76. The smallest absolute Gasteiger partial charge is 0.326 e. The SMILES string of the molecule is CC[C@H](C)[C@@H]1NC(=O)[C@H](CCC(N)=O)NC(=O)[C@H](CCCCN)NC(=O)[C@H](Cc2ccc(O)cc2)NC(=O)[C@H](CCCNC(=N)N)NC(=O)[C@H](CCCNC(=N)N)NC(=O)[C@@H]2CCCN2C(=O)[C@@H](NC(=O)[C@@H](N)Cc2ccccc2)CSSC[C@@H](C(=O)N[C@@H](CCCCN)C(=O)O)NC(=O)[C@H](CCCCN)NC(=O)[C@H]([C@@H](C)O)NC(=O)CNC(=O)[C@@H]2CCCN2C(=O)[C@H](CC(C)C)NC(=O)CNC(=O)[C@H]([C@@H](C)O)NC(=O)CNC1=O. The maximum Gasteiger partial charge on any atom is 0.326 e. The van der Waals surface area contributed by atoms with Crippen molar-refractivity contribution in [2.24, 2.45) is 52.0 Å². The van der Waals surface area contributed by atoms with Gasteiger partial charge in [0.2, 0.25) is 112 Å². The number of phenols is 1. The summed E-state index contributed by atoms with van der Waals surface area (Å²) in [5.74, 6) is -23.4. The number of phenolic OH excluding ortho intramolecular Hbond substituents is 1. The van der Waals surface area contributed by atoms with Crippen LogP contribution in [0.5, 0.6) is 5.75 Å². The molecule has 0 aliphatic carbocycles. The van der Waals surface area contributed by atoms with E-state index in [0.717, 1.165) is 40.3 Å². The van der Waals surface area contributed by atoms with Crippen LogP contribution >= 0.6 is 21.6 Å². The number of aromatic hydroxyl groups is 1. The number of rotatable bonds is 38. The Morgan fingerprint density at radius 3 is 1.40 bits per heavy atom. The number of aliphatic hydroxyl groups is 2. The molecule has 19 amide bonds. The number of fused-ring (bicyclic) bond motifs is 2. The normalized spacial score (nSPS) is 24.2. The van der Waals surface area contributed by atoms with Gasteiger partial charge < -0.3 is 166 Å². The van der Waals surface area contributed by atoms with Crippen molar-refractivity contribution in [1.29, 1.82) is 10.8 Å². The predicted octanol–water partition coefficient (Wildman–Crippen LogP) is -8.35. The molecule has 19 atom stereocenters. The molecule has 3 heterocycles. The van der Waals surface area contributed by atoms with E-state index in [4.69, 9.17) is 51.0 Å². The first kappa shape index (κ1) is 127. The fourth-order valence-electron chi connectivity index (χ4n) is 16.5. The van der Waals surface area contributed by atoms with Gasteiger partial charge in [0.1, 0.15) is 96.4 Å². The van der Waals surface area contributed by atoms with Gasteiger partial charge >= 0.3 is 5.97 Å². The fourth-order valence-corrected chi connectivity index (χ4v) is 18.8. The van der Waals surface area contributed by atoms with Crippen LogP contribution in [0, 0.1) is 22.7 Å². The van der Waals surface area contributed by atoms with Gasteiger partial charge in [0.05, 0.1) is 37.9 Å². The van der Waals surface area contributed by atoms with Crippen LogP contribution in [0.25, 0.3) is 0 Å². The molecule has 38 N–H and O–H groups in total. The molecule has 5 rings (SSSR count). The number of aliphatic hydroxyl groups excluding tert-OH is 2. The summed E-state index contributed by atoms with van der Waals surface area (Å²) in [4.78, 5) is 290. The van der Waals surface area contributed by atoms with E-state index in [1.807, 2.05) is 0 Å². The quantitative estimate of drug-likeness (QED) is 0.0128. The maximum atomic E-state index is 15.5. The first-order valence-electron chi connectivity index (χ1n) is 50.5. The standard InChI is InChI=1S/C95H155N29O24S2/c1-7-52(4)75-88(142)108-48-74(131)120-76(53(5)125)89(143)109-46-72(129)110-66(43-51(2)3)91(145)123-41-19-28-69(123)86(140)107-47-73(130)121-77(54(6)126)90(144)115-60(24-12-15-37-97)82(136)118-67(85(139)116-64(93(147)148)25-13-16-38-98)49-149-150-50-68(119-78(132)58(99)44-55-21-9-8-10-22-55)92(146)124-42-20-29-70(124)87(141)114-62(27-18-40-106-95(103)104)80(134)111-61(26-17-39-105-94(101)102)81(135)117-65(45-56-30-32-57(127)33-31-56)84(138)112-59(23-11-14-36-96)79(133)113-63(83(137)122-75)34-35-71(100)128/h8-10,21-22,30-33,51-54,58-70,75-77,125-127H,7,11-20,23-29,34-50,96-99H2,1-6H3,(H2,100,128)(H,107,140)(H,108,142)(H,109,143)(H,110,129)(H,111,134)(H,112,138)(H,113,133)(H,114,141)(H,115,144)(H,116,139)(H,117,135)(H,118,136)(H,119,132)(H,120,131)(H,121,130)(H,122,137)(H,147,148)(H4,101,102,105)(H4,103,104,106)/t52-,53+,54+,58-,59-,60-,61-,62-,63-,64-,65-,66-,67-,68-,69-,70-,75-,76-,77-/m0/s1. The zero-order valence-electron chi connectivity index (χ0n) is 85.7. The number of hydrogen-bond acceptors (Lipinski definition) is 31. The van der Waals surface area contributed by atoms with Crippen LogP contribution in [0.15, 0.2) is 54.6 Å². The molecule has 3 aliphatic heterocycles. The number of carbonyl (C=O) groups excluding carboxylic acids is 19. The zero-order valence-corrected chi connectivity index (χ0v) is 87.3. The number of benzene rings is 2. The average molecular weight is 2150 g/mol. The van der Waals surface area contributed by atoms with E-state index in [1.165, 1.54) is 29.2 Å². The summed E-state index contributed by atoms with van der Waals surface area (Å²) in [6, 6.07) is -11.3. The Morgan fingerprint density at radius 2 is 0.907 bits per heavy atom. The number of nitrogens with two attached hydrogens (primary N) is 7. The van der Waals surface area contributed by atoms with Crippen molar-refractivity contribution in [3.05, 3.63) is 65.7 Å². The van der Waals surface area contributed by atoms with Crippen LogP contribution < -0.4 is 136 Å². The molecule has 0 aromatic heterocycles. The largest absolute Gasteiger partial charge is 0.508 e. The number of carboxylic acid groups (broad SMARTS) is 1. The second kappa shape index (κ2) is 67.0. The van der Waals surface area contributed by atoms with Crippen molar-refractivity contribution in [3.63, 3.8) is 0 Å². The van der Waals surface area contributed by atoms with Crippen molar-refractivity contribution in [2.45, 2.75) is 298 Å². The minimum Gasteiger partial charge on any atom is -0.508 e. The molecular formula is C95H155N29O24S2. The Bertz CT molecular complexity index is 4860. The lowest BCUT2D eigenvalue weighted by Crippen LogP contribution is -2.61. The summed E-state index contributed by atoms with van der Waals surface area (Å²) < 4.78 is 0. The molecule has 3 saturated heterocycles. The number of unbranched alkanes of at least 4 members (excludes halogenated alkanes) is 3. The second-order valence-electron chi connectivity index (χ2n) is 37.7. The van der Waals surface area contributed by atoms with E-state index >= 15 is 24.0 Å². The second-order valence-corrected chi connectivity index (χ2v) is 40.2. The van der Waals surface area contributed by atoms with Gasteiger partial charge in [-0.25, -0.2) is 4.79 Å². The fraction of sp³-hybridized carbons (Fsp3) is 0.642. The molecule has 0 spiro atoms. The summed E-state index contributed by atoms with van der Waals surface area (Å²) in [5.41, 5.74) is 41.9. The molecular weight excluding hydrogens is 2000 g/mol. The van der Waals surface area contributed by atoms with Crippen molar-refractivity contribution >= 4 is 152 Å². The Kier molecular flexibility index (Phi) is 56.7. The van der Waals surface area contributed by atoms with Gasteiger partial charge in [-0.2, -0.15) is 0 Å². The number of aliphatic carboxylic acids is 1. The third-order valence-electron chi connectivity index (χ3n) is 25.0. The number of primary amides is 1. The van der Waals surface area contributed by atoms with Crippen LogP contribution in [0.4, 0.5) is 0 Å². The van der Waals surface area contributed by atoms with E-state index in [2.05, 4.69) is 95.7 Å². The topological polar surface area (TPSA) is 875 Å². The first-order chi connectivity index (χ1) is 71.2. The lowest BCUT2D eigenvalue weighted by Gasteiger charge is -2.31. The van der Waals surface area contributed by atoms with Crippen molar-refractivity contribution in [2.75, 3.05) is 77.0 Å². The van der Waals surface area contributed by atoms with Gasteiger partial charge in [0, 0.05) is 50.5 Å². The molecule has 3 aliphatic rings. The molecule has 2 aromatic carbocycles. The summed E-state index contributed by atoms with van der Waals surface area (Å²) in [7, 11) is 1.71. The van der Waals surface area contributed by atoms with Crippen LogP contribution in [0.3, 0.4) is 0 Å². The molecule has 55 heteroatoms. The van der Waals surface area contributed by atoms with E-state index < -0.39 is 295 Å². The molecule has 0 unspecified atom stereocenters. The van der Waals surface area contributed by atoms with Crippen molar-refractivity contribution < 1.29 is 116 Å². The summed E-state index contributed by atoms with van der Waals surface area (Å²) in [5, 5.41) is 104. The third kappa shape index (κ3) is 45.2. The van der Waals surface area contributed by atoms with Crippen LogP contribution in [0.1, 0.15) is 188 Å². The summed E-state index contributed by atoms with van der Waals surface area (Å²) in [6.45, 7) is 6.35. The lowest BCUT2D eigenvalue weighted by atomic mass is 9.97. The van der Waals surface area contributed by atoms with Gasteiger partial charge in [0.25, 0.3) is 0 Å². The van der Waals surface area contributed by atoms with Gasteiger partial charge in [-0.3, -0.25) is 102 Å². The zero-order chi connectivity index (χ0) is 111. The van der Waals surface area contributed by atoms with Crippen LogP contribution in [-0.4, -0.2) is 346 Å². The van der Waals surface area contributed by atoms with Gasteiger partial charge in [-0.15, -0.1) is 0 Å². The third-order valence-corrected chi connectivity index (χ3v) is 27.4. The Morgan fingerprint density at radius 1 is 0.473 bits per heavy atom. The highest BCUT2D eigenvalue weighted by Crippen LogP contribution is 2.28. The predicted molar refractivity (Wildman–Crippen MR) is 554 cm³/mol. The number of carbonyl (C=O) groups is 20. The highest BCUT2D eigenvalue weighted by Gasteiger charge is 2.44. The molecule has 3 fully saturated rings. The highest BCUT2D eigenvalue weighted by atomic mass is 33.1. The Labute approximate surface area is 878 Å². The Balaban J connectivity index is 1.66. The van der Waals surface area contributed by atoms with Gasteiger partial charge in [-0.1, -0.05) is 98.2 Å². The Hall–Kier alpha value is -13.4. The maximum absolute atomic E-state index is 15.5. The molecule has 836 valence electrons. The molecule has 0 bridgehead atoms. The summed E-state index contributed by atoms with van der Waals surface area (Å²) >= 11 is 0.